The zero-order valence-corrected chi connectivity index (χ0v) is 47.0. The number of unbranched alkanes of at least 4 members (excludes halogenated alkanes) is 4. The summed E-state index contributed by atoms with van der Waals surface area (Å²) in [7, 11) is 0. The maximum Gasteiger partial charge on any atom is 0.245 e. The second-order valence-electron chi connectivity index (χ2n) is 21.9. The molecule has 0 aliphatic rings. The first-order valence-corrected chi connectivity index (χ1v) is 26.1. The average molecular weight is 1050 g/mol. The summed E-state index contributed by atoms with van der Waals surface area (Å²) in [5.41, 5.74) is -4.48. The summed E-state index contributed by atoms with van der Waals surface area (Å²) in [5, 5.41) is 37.9. The molecule has 0 aliphatic carbocycles. The van der Waals surface area contributed by atoms with Gasteiger partial charge in [-0.3, -0.25) is 52.7 Å². The van der Waals surface area contributed by atoms with Gasteiger partial charge in [-0.15, -0.1) is 0 Å². The van der Waals surface area contributed by atoms with Gasteiger partial charge in [-0.05, 0) is 84.5 Å². The number of hydrogen-bond donors (Lipinski definition) is 12. The number of nitrogens with one attached hydrogen (secondary N) is 11. The Morgan fingerprint density at radius 3 is 1.34 bits per heavy atom. The fourth-order valence-electron chi connectivity index (χ4n) is 7.31. The van der Waals surface area contributed by atoms with Gasteiger partial charge in [0.05, 0.1) is 38.8 Å². The Hall–Kier alpha value is -5.87. The molecule has 74 heavy (non-hydrogen) atoms. The van der Waals surface area contributed by atoms with Gasteiger partial charge in [-0.1, -0.05) is 94.4 Å². The van der Waals surface area contributed by atoms with Crippen molar-refractivity contribution in [1.29, 1.82) is 0 Å². The van der Waals surface area contributed by atoms with Gasteiger partial charge >= 0.3 is 0 Å². The molecular weight excluding hydrogens is 959 g/mol. The van der Waals surface area contributed by atoms with Crippen LogP contribution in [0.15, 0.2) is 0 Å². The summed E-state index contributed by atoms with van der Waals surface area (Å²) in [6, 6.07) is -3.71. The highest BCUT2D eigenvalue weighted by atomic mass is 16.3. The van der Waals surface area contributed by atoms with Gasteiger partial charge in [-0.25, -0.2) is 0 Å². The lowest BCUT2D eigenvalue weighted by molar-refractivity contribution is -0.136. The molecule has 0 rings (SSSR count). The Kier molecular flexibility index (Phi) is 30.5. The highest BCUT2D eigenvalue weighted by molar-refractivity contribution is 5.98. The van der Waals surface area contributed by atoms with Crippen molar-refractivity contribution in [3.05, 3.63) is 0 Å². The highest BCUT2D eigenvalue weighted by Gasteiger charge is 2.37. The minimum absolute atomic E-state index is 0.0798. The molecule has 0 saturated heterocycles. The van der Waals surface area contributed by atoms with Crippen molar-refractivity contribution in [2.24, 2.45) is 23.7 Å². The van der Waals surface area contributed by atoms with E-state index < -0.39 is 132 Å². The van der Waals surface area contributed by atoms with Crippen molar-refractivity contribution in [2.75, 3.05) is 32.8 Å². The van der Waals surface area contributed by atoms with Gasteiger partial charge in [0.2, 0.25) is 65.0 Å². The molecule has 0 radical (unpaired) electrons. The molecule has 0 aromatic heterocycles. The second-order valence-corrected chi connectivity index (χ2v) is 21.9. The summed E-state index contributed by atoms with van der Waals surface area (Å²) in [5.74, 6) is -7.81. The molecule has 0 fully saturated rings. The van der Waals surface area contributed by atoms with E-state index in [0.29, 0.717) is 19.3 Å². The number of carbonyl (C=O) groups is 11. The van der Waals surface area contributed by atoms with Gasteiger partial charge in [0.15, 0.2) is 0 Å². The predicted octanol–water partition coefficient (Wildman–Crippen LogP) is 0.222. The molecule has 0 aliphatic heterocycles. The van der Waals surface area contributed by atoms with Crippen molar-refractivity contribution >= 4 is 65.0 Å². The molecule has 0 spiro atoms. The fraction of sp³-hybridized carbons (Fsp3) is 0.784. The van der Waals surface area contributed by atoms with Crippen LogP contribution in [0.2, 0.25) is 0 Å². The van der Waals surface area contributed by atoms with E-state index in [4.69, 9.17) is 0 Å². The normalized spacial score (nSPS) is 13.8. The van der Waals surface area contributed by atoms with Crippen LogP contribution in [-0.4, -0.2) is 144 Å². The van der Waals surface area contributed by atoms with Crippen LogP contribution in [0.4, 0.5) is 0 Å². The quantitative estimate of drug-likeness (QED) is 0.0380. The summed E-state index contributed by atoms with van der Waals surface area (Å²) >= 11 is 0. The van der Waals surface area contributed by atoms with Crippen LogP contribution in [0.1, 0.15) is 162 Å². The molecule has 23 heteroatoms. The lowest BCUT2D eigenvalue weighted by atomic mass is 9.97. The predicted molar refractivity (Wildman–Crippen MR) is 280 cm³/mol. The van der Waals surface area contributed by atoms with Crippen LogP contribution in [0.3, 0.4) is 0 Å². The van der Waals surface area contributed by atoms with E-state index in [0.717, 1.165) is 25.7 Å². The van der Waals surface area contributed by atoms with E-state index in [1.165, 1.54) is 41.5 Å². The second kappa shape index (κ2) is 33.1. The number of amides is 11. The van der Waals surface area contributed by atoms with Crippen LogP contribution >= 0.6 is 0 Å². The van der Waals surface area contributed by atoms with E-state index in [9.17, 15) is 57.8 Å². The van der Waals surface area contributed by atoms with Gasteiger partial charge in [0, 0.05) is 6.42 Å². The minimum atomic E-state index is -1.59. The lowest BCUT2D eigenvalue weighted by Crippen LogP contribution is -2.61. The first kappa shape index (κ1) is 68.1. The topological polar surface area (TPSA) is 340 Å². The van der Waals surface area contributed by atoms with Crippen LogP contribution in [-0.2, 0) is 52.7 Å². The Balaban J connectivity index is 5.28. The van der Waals surface area contributed by atoms with Crippen molar-refractivity contribution in [2.45, 2.75) is 202 Å². The van der Waals surface area contributed by atoms with Crippen molar-refractivity contribution < 1.29 is 57.8 Å². The van der Waals surface area contributed by atoms with E-state index >= 15 is 0 Å². The van der Waals surface area contributed by atoms with Crippen LogP contribution in [0, 0.1) is 23.7 Å². The lowest BCUT2D eigenvalue weighted by Gasteiger charge is -2.30. The maximum atomic E-state index is 13.4. The summed E-state index contributed by atoms with van der Waals surface area (Å²) in [4.78, 5) is 143. The van der Waals surface area contributed by atoms with Crippen LogP contribution in [0.25, 0.3) is 0 Å². The third kappa shape index (κ3) is 26.9. The van der Waals surface area contributed by atoms with E-state index in [1.807, 2.05) is 34.6 Å². The molecule has 0 unspecified atom stereocenters. The van der Waals surface area contributed by atoms with Gasteiger partial charge < -0.3 is 63.6 Å². The van der Waals surface area contributed by atoms with E-state index in [2.05, 4.69) is 65.4 Å². The fourth-order valence-corrected chi connectivity index (χ4v) is 7.31. The molecule has 23 nitrogen and oxygen atoms in total. The summed E-state index contributed by atoms with van der Waals surface area (Å²) in [6.07, 6.45) is 6.33. The molecular formula is C51H93N11O12. The molecule has 0 aromatic carbocycles. The third-order valence-electron chi connectivity index (χ3n) is 12.0. The third-order valence-corrected chi connectivity index (χ3v) is 12.0. The number of carbonyl (C=O) groups excluding carboxylic acids is 11. The standard InChI is InChI=1S/C51H93N11O12/c1-16-18-19-20-21-22-36(64)60-49(10,11)46(72)54-27-38(66)57-35(24-31(5)6)43(69)61-50(12,13)47(73)53-25-37(65)52-26-39(67)58-41(32(7)8)45(71)62-51(14,15)48(74)55-28-40(68)59-42(33(9)17-2)44(70)56-34(29-63)23-30(3)4/h30-35,41-42,63H,16-29H2,1-15H3,(H,52,65)(H,53,73)(H,54,72)(H,55,74)(H,56,70)(H,57,66)(H,58,67)(H,59,68)(H,60,64)(H,61,69)(H,62,71)/t33-,34-,35-,41-,42-/m0/s1. The molecule has 5 atom stereocenters. The molecule has 11 amide bonds. The molecule has 0 bridgehead atoms. The Bertz CT molecular complexity index is 1900. The van der Waals surface area contributed by atoms with Crippen molar-refractivity contribution in [3.8, 4) is 0 Å². The van der Waals surface area contributed by atoms with Crippen LogP contribution in [0.5, 0.6) is 0 Å². The monoisotopic (exact) mass is 1050 g/mol. The molecule has 12 N–H and O–H groups in total. The van der Waals surface area contributed by atoms with E-state index in [1.54, 1.807) is 20.8 Å². The average Bonchev–Trinajstić information content (AvgIpc) is 3.29. The highest BCUT2D eigenvalue weighted by Crippen LogP contribution is 2.13. The largest absolute Gasteiger partial charge is 0.394 e. The number of aliphatic hydroxyl groups is 1. The zero-order valence-electron chi connectivity index (χ0n) is 47.0. The Morgan fingerprint density at radius 2 is 0.878 bits per heavy atom. The van der Waals surface area contributed by atoms with Gasteiger partial charge in [0.1, 0.15) is 34.7 Å². The van der Waals surface area contributed by atoms with Gasteiger partial charge in [0.25, 0.3) is 0 Å². The smallest absolute Gasteiger partial charge is 0.245 e. The summed E-state index contributed by atoms with van der Waals surface area (Å²) < 4.78 is 0. The SMILES string of the molecule is CCCCCCCC(=O)NC(C)(C)C(=O)NCC(=O)N[C@@H](CC(C)C)C(=O)NC(C)(C)C(=O)NCC(=O)NCC(=O)N[C@H](C(=O)NC(C)(C)C(=O)NCC(=O)N[C@H](C(=O)N[C@H](CO)CC(C)C)[C@@H](C)CC)C(C)C. The summed E-state index contributed by atoms with van der Waals surface area (Å²) in [6.45, 7) is 22.7. The van der Waals surface area contributed by atoms with Crippen molar-refractivity contribution in [1.82, 2.24) is 58.5 Å². The van der Waals surface area contributed by atoms with E-state index in [-0.39, 0.29) is 43.1 Å². The molecule has 0 heterocycles. The number of hydrogen-bond acceptors (Lipinski definition) is 12. The van der Waals surface area contributed by atoms with Crippen molar-refractivity contribution in [3.63, 3.8) is 0 Å². The zero-order chi connectivity index (χ0) is 57.1. The number of rotatable bonds is 35. The minimum Gasteiger partial charge on any atom is -0.394 e. The first-order chi connectivity index (χ1) is 34.2. The Labute approximate surface area is 439 Å². The molecule has 0 aromatic rings. The molecule has 424 valence electrons. The molecule has 0 saturated carbocycles. The maximum absolute atomic E-state index is 13.4. The Morgan fingerprint density at radius 1 is 0.446 bits per heavy atom. The first-order valence-electron chi connectivity index (χ1n) is 26.1. The number of aliphatic hydroxyl groups excluding tert-OH is 1. The van der Waals surface area contributed by atoms with Gasteiger partial charge in [-0.2, -0.15) is 0 Å². The van der Waals surface area contributed by atoms with Crippen LogP contribution < -0.4 is 58.5 Å².